The Balaban J connectivity index is 2.62. The average Bonchev–Trinajstić information content (AvgIpc) is 2.60. The molecule has 0 radical (unpaired) electrons. The van der Waals surface area contributed by atoms with Gasteiger partial charge in [-0.2, -0.15) is 0 Å². The van der Waals surface area contributed by atoms with Gasteiger partial charge in [0.25, 0.3) is 5.56 Å². The molecule has 154 valence electrons. The van der Waals surface area contributed by atoms with Gasteiger partial charge in [-0.3, -0.25) is 14.2 Å². The van der Waals surface area contributed by atoms with Gasteiger partial charge >= 0.3 is 0 Å². The summed E-state index contributed by atoms with van der Waals surface area (Å²) in [7, 11) is 3.95. The van der Waals surface area contributed by atoms with E-state index in [-0.39, 0.29) is 17.5 Å². The molecule has 1 atom stereocenters. The minimum atomic E-state index is -0.530. The van der Waals surface area contributed by atoms with Crippen LogP contribution in [0.2, 0.25) is 5.02 Å². The molecule has 0 saturated carbocycles. The van der Waals surface area contributed by atoms with Crippen LogP contribution in [0.1, 0.15) is 46.5 Å². The smallest absolute Gasteiger partial charge is 0.261 e. The van der Waals surface area contributed by atoms with Crippen LogP contribution in [-0.4, -0.2) is 52.4 Å². The van der Waals surface area contributed by atoms with Crippen molar-refractivity contribution in [1.29, 1.82) is 0 Å². The molecule has 0 aliphatic carbocycles. The van der Waals surface area contributed by atoms with E-state index in [2.05, 4.69) is 0 Å². The summed E-state index contributed by atoms with van der Waals surface area (Å²) in [6.45, 7) is 11.3. The third-order valence-corrected chi connectivity index (χ3v) is 5.03. The van der Waals surface area contributed by atoms with E-state index in [1.165, 1.54) is 0 Å². The number of rotatable bonds is 6. The molecule has 1 aromatic heterocycles. The number of carbonyl (C=O) groups excluding carboxylic acids is 1. The molecule has 0 saturated heterocycles. The van der Waals surface area contributed by atoms with E-state index in [0.717, 1.165) is 6.54 Å². The Labute approximate surface area is 172 Å². The molecule has 28 heavy (non-hydrogen) atoms. The minimum absolute atomic E-state index is 0.0324. The van der Waals surface area contributed by atoms with Gasteiger partial charge in [-0.05, 0) is 46.1 Å². The fraction of sp³-hybridized carbons (Fsp3) is 0.571. The molecule has 0 aliphatic heterocycles. The Kier molecular flexibility index (Phi) is 6.88. The van der Waals surface area contributed by atoms with Gasteiger partial charge in [0.05, 0.1) is 16.9 Å². The Morgan fingerprint density at radius 1 is 1.25 bits per heavy atom. The molecule has 1 unspecified atom stereocenters. The quantitative estimate of drug-likeness (QED) is 0.735. The highest BCUT2D eigenvalue weighted by Crippen LogP contribution is 2.26. The summed E-state index contributed by atoms with van der Waals surface area (Å²) >= 11 is 6.12. The van der Waals surface area contributed by atoms with E-state index in [1.807, 2.05) is 58.5 Å². The topological polar surface area (TPSA) is 58.4 Å². The van der Waals surface area contributed by atoms with Gasteiger partial charge < -0.3 is 9.80 Å². The van der Waals surface area contributed by atoms with Crippen LogP contribution in [0, 0.1) is 5.41 Å². The number of fused-ring (bicyclic) bond motifs is 1. The molecule has 6 nitrogen and oxygen atoms in total. The molecular weight excluding hydrogens is 376 g/mol. The second-order valence-electron chi connectivity index (χ2n) is 8.41. The lowest BCUT2D eigenvalue weighted by molar-refractivity contribution is -0.142. The maximum Gasteiger partial charge on any atom is 0.261 e. The van der Waals surface area contributed by atoms with Gasteiger partial charge in [-0.1, -0.05) is 32.4 Å². The van der Waals surface area contributed by atoms with Gasteiger partial charge in [-0.25, -0.2) is 4.98 Å². The number of hydrogen-bond acceptors (Lipinski definition) is 4. The second-order valence-corrected chi connectivity index (χ2v) is 8.85. The molecule has 0 spiro atoms. The van der Waals surface area contributed by atoms with E-state index in [9.17, 15) is 9.59 Å². The van der Waals surface area contributed by atoms with Crippen LogP contribution in [0.5, 0.6) is 0 Å². The third kappa shape index (κ3) is 4.73. The Morgan fingerprint density at radius 3 is 2.43 bits per heavy atom. The summed E-state index contributed by atoms with van der Waals surface area (Å²) in [4.78, 5) is 34.8. The number of carbonyl (C=O) groups is 1. The summed E-state index contributed by atoms with van der Waals surface area (Å²) in [6.07, 6.45) is 0. The number of halogens is 1. The number of aromatic nitrogens is 2. The number of likely N-dealkylation sites (N-methyl/N-ethyl adjacent to an activating group) is 1. The van der Waals surface area contributed by atoms with Crippen molar-refractivity contribution in [3.05, 3.63) is 39.4 Å². The molecule has 0 N–H and O–H groups in total. The minimum Gasteiger partial charge on any atom is -0.331 e. The summed E-state index contributed by atoms with van der Waals surface area (Å²) in [6, 6.07) is 4.76. The lowest BCUT2D eigenvalue weighted by atomic mass is 9.93. The van der Waals surface area contributed by atoms with Crippen molar-refractivity contribution in [1.82, 2.24) is 19.4 Å². The first-order valence-corrected chi connectivity index (χ1v) is 10.0. The summed E-state index contributed by atoms with van der Waals surface area (Å²) in [5.41, 5.74) is -0.0838. The normalized spacial score (nSPS) is 13.2. The lowest BCUT2D eigenvalue weighted by Gasteiger charge is -2.35. The van der Waals surface area contributed by atoms with Crippen molar-refractivity contribution < 1.29 is 4.79 Å². The van der Waals surface area contributed by atoms with Crippen molar-refractivity contribution >= 4 is 28.4 Å². The Bertz CT molecular complexity index is 915. The monoisotopic (exact) mass is 406 g/mol. The van der Waals surface area contributed by atoms with Gasteiger partial charge in [0.2, 0.25) is 5.91 Å². The summed E-state index contributed by atoms with van der Waals surface area (Å²) in [5.74, 6) is 0.614. The van der Waals surface area contributed by atoms with Crippen LogP contribution in [-0.2, 0) is 11.3 Å². The van der Waals surface area contributed by atoms with E-state index in [4.69, 9.17) is 16.6 Å². The van der Waals surface area contributed by atoms with Crippen LogP contribution in [0.3, 0.4) is 0 Å². The Morgan fingerprint density at radius 2 is 1.89 bits per heavy atom. The predicted octanol–water partition coefficient (Wildman–Crippen LogP) is 3.57. The van der Waals surface area contributed by atoms with Gasteiger partial charge in [0.1, 0.15) is 5.82 Å². The highest BCUT2D eigenvalue weighted by molar-refractivity contribution is 6.31. The third-order valence-electron chi connectivity index (χ3n) is 4.79. The predicted molar refractivity (Wildman–Crippen MR) is 115 cm³/mol. The van der Waals surface area contributed by atoms with Crippen LogP contribution < -0.4 is 5.56 Å². The standard InChI is InChI=1S/C21H31ClN4O2/c1-8-25-18(23-17-13-15(22)9-10-16(17)19(25)27)14(2)26(12-11-24(6)7)20(28)21(3,4)5/h9-10,13-14H,8,11-12H2,1-7H3. The largest absolute Gasteiger partial charge is 0.331 e. The number of nitrogens with zero attached hydrogens (tertiary/aromatic N) is 4. The van der Waals surface area contributed by atoms with Crippen molar-refractivity contribution in [3.63, 3.8) is 0 Å². The second kappa shape index (κ2) is 8.62. The fourth-order valence-electron chi connectivity index (χ4n) is 3.18. The molecule has 1 amide bonds. The van der Waals surface area contributed by atoms with Crippen molar-refractivity contribution in [2.24, 2.45) is 5.41 Å². The van der Waals surface area contributed by atoms with E-state index >= 15 is 0 Å². The SMILES string of the molecule is CCn1c(C(C)N(CCN(C)C)C(=O)C(C)(C)C)nc2cc(Cl)ccc2c1=O. The average molecular weight is 407 g/mol. The first-order valence-electron chi connectivity index (χ1n) is 9.63. The number of benzene rings is 1. The van der Waals surface area contributed by atoms with Crippen molar-refractivity contribution in [3.8, 4) is 0 Å². The van der Waals surface area contributed by atoms with Gasteiger partial charge in [-0.15, -0.1) is 0 Å². The molecule has 0 fully saturated rings. The zero-order valence-corrected chi connectivity index (χ0v) is 18.7. The zero-order valence-electron chi connectivity index (χ0n) is 17.9. The zero-order chi connectivity index (χ0) is 21.2. The van der Waals surface area contributed by atoms with Crippen molar-refractivity contribution in [2.45, 2.75) is 47.2 Å². The maximum absolute atomic E-state index is 13.2. The summed E-state index contributed by atoms with van der Waals surface area (Å²) in [5, 5.41) is 1.06. The highest BCUT2D eigenvalue weighted by Gasteiger charge is 2.32. The maximum atomic E-state index is 13.2. The molecule has 2 rings (SSSR count). The van der Waals surface area contributed by atoms with Crippen LogP contribution >= 0.6 is 11.6 Å². The molecule has 1 aromatic carbocycles. The van der Waals surface area contributed by atoms with E-state index in [1.54, 1.807) is 22.8 Å². The molecular formula is C21H31ClN4O2. The highest BCUT2D eigenvalue weighted by atomic mass is 35.5. The molecule has 2 aromatic rings. The van der Waals surface area contributed by atoms with Crippen LogP contribution in [0.15, 0.2) is 23.0 Å². The first-order chi connectivity index (χ1) is 13.0. The Hall–Kier alpha value is -1.92. The molecule has 1 heterocycles. The number of hydrogen-bond donors (Lipinski definition) is 0. The lowest BCUT2D eigenvalue weighted by Crippen LogP contribution is -2.45. The van der Waals surface area contributed by atoms with Crippen LogP contribution in [0.25, 0.3) is 10.9 Å². The first kappa shape index (κ1) is 22.4. The summed E-state index contributed by atoms with van der Waals surface area (Å²) < 4.78 is 1.65. The van der Waals surface area contributed by atoms with Gasteiger partial charge in [0.15, 0.2) is 0 Å². The molecule has 0 aliphatic rings. The van der Waals surface area contributed by atoms with Crippen LogP contribution in [0.4, 0.5) is 0 Å². The molecule has 0 bridgehead atoms. The number of amides is 1. The fourth-order valence-corrected chi connectivity index (χ4v) is 3.35. The van der Waals surface area contributed by atoms with E-state index < -0.39 is 5.41 Å². The van der Waals surface area contributed by atoms with Gasteiger partial charge in [0, 0.05) is 30.1 Å². The van der Waals surface area contributed by atoms with E-state index in [0.29, 0.717) is 34.8 Å². The molecule has 7 heteroatoms. The van der Waals surface area contributed by atoms with Crippen molar-refractivity contribution in [2.75, 3.05) is 27.2 Å².